The van der Waals surface area contributed by atoms with Gasteiger partial charge in [-0.2, -0.15) is 0 Å². The van der Waals surface area contributed by atoms with Crippen molar-refractivity contribution in [2.24, 2.45) is 0 Å². The van der Waals surface area contributed by atoms with E-state index in [-0.39, 0.29) is 5.82 Å². The van der Waals surface area contributed by atoms with E-state index in [4.69, 9.17) is 0 Å². The zero-order valence-corrected chi connectivity index (χ0v) is 13.5. The summed E-state index contributed by atoms with van der Waals surface area (Å²) < 4.78 is 15.7. The summed E-state index contributed by atoms with van der Waals surface area (Å²) in [6, 6.07) is 11.1. The lowest BCUT2D eigenvalue weighted by Crippen LogP contribution is -2.03. The molecule has 0 heterocycles. The van der Waals surface area contributed by atoms with Crippen molar-refractivity contribution in [3.05, 3.63) is 61.4 Å². The van der Waals surface area contributed by atoms with E-state index in [0.29, 0.717) is 12.1 Å². The average Bonchev–Trinajstić information content (AvgIpc) is 2.32. The molecule has 1 N–H and O–H groups in total. The topological polar surface area (TPSA) is 12.0 Å². The third kappa shape index (κ3) is 3.45. The Kier molecular flexibility index (Phi) is 4.61. The molecule has 2 aromatic carbocycles. The third-order valence-electron chi connectivity index (χ3n) is 2.67. The van der Waals surface area contributed by atoms with Crippen LogP contribution in [0.25, 0.3) is 0 Å². The van der Waals surface area contributed by atoms with Crippen molar-refractivity contribution in [1.82, 2.24) is 0 Å². The van der Waals surface area contributed by atoms with Crippen LogP contribution in [0, 0.1) is 16.3 Å². The van der Waals surface area contributed by atoms with E-state index in [1.54, 1.807) is 12.1 Å². The number of rotatable bonds is 3. The Morgan fingerprint density at radius 3 is 2.72 bits per heavy atom. The minimum Gasteiger partial charge on any atom is -0.381 e. The minimum atomic E-state index is -0.186. The van der Waals surface area contributed by atoms with Crippen LogP contribution < -0.4 is 5.32 Å². The fraction of sp³-hybridized carbons (Fsp3) is 0.143. The quantitative estimate of drug-likeness (QED) is 0.681. The molecule has 0 atom stereocenters. The maximum atomic E-state index is 13.6. The number of halogens is 3. The molecular weight excluding hydrogens is 408 g/mol. The molecule has 4 heteroatoms. The summed E-state index contributed by atoms with van der Waals surface area (Å²) in [4.78, 5) is 0. The van der Waals surface area contributed by atoms with E-state index in [1.165, 1.54) is 9.64 Å². The van der Waals surface area contributed by atoms with Gasteiger partial charge in [0.15, 0.2) is 0 Å². The number of aryl methyl sites for hydroxylation is 1. The molecular formula is C14H12BrFIN. The second kappa shape index (κ2) is 6.02. The van der Waals surface area contributed by atoms with E-state index in [0.717, 1.165) is 15.7 Å². The predicted molar refractivity (Wildman–Crippen MR) is 85.3 cm³/mol. The van der Waals surface area contributed by atoms with E-state index in [1.807, 2.05) is 19.1 Å². The van der Waals surface area contributed by atoms with E-state index in [9.17, 15) is 4.39 Å². The Morgan fingerprint density at radius 2 is 2.00 bits per heavy atom. The SMILES string of the molecule is Cc1cc(I)ccc1NCc1cc(Br)ccc1F. The highest BCUT2D eigenvalue weighted by Gasteiger charge is 2.04. The molecule has 0 aliphatic carbocycles. The highest BCUT2D eigenvalue weighted by Crippen LogP contribution is 2.20. The van der Waals surface area contributed by atoms with Gasteiger partial charge in [0.1, 0.15) is 5.82 Å². The normalized spacial score (nSPS) is 10.4. The van der Waals surface area contributed by atoms with E-state index in [2.05, 4.69) is 49.9 Å². The van der Waals surface area contributed by atoms with Gasteiger partial charge < -0.3 is 5.32 Å². The first-order valence-corrected chi connectivity index (χ1v) is 7.37. The molecule has 2 rings (SSSR count). The number of hydrogen-bond donors (Lipinski definition) is 1. The van der Waals surface area contributed by atoms with Gasteiger partial charge in [0.25, 0.3) is 0 Å². The summed E-state index contributed by atoms with van der Waals surface area (Å²) in [7, 11) is 0. The molecule has 0 unspecified atom stereocenters. The highest BCUT2D eigenvalue weighted by atomic mass is 127. The van der Waals surface area contributed by atoms with Crippen molar-refractivity contribution in [3.8, 4) is 0 Å². The van der Waals surface area contributed by atoms with Crippen LogP contribution in [-0.4, -0.2) is 0 Å². The molecule has 0 bridgehead atoms. The van der Waals surface area contributed by atoms with Crippen molar-refractivity contribution >= 4 is 44.2 Å². The zero-order chi connectivity index (χ0) is 13.1. The van der Waals surface area contributed by atoms with Gasteiger partial charge >= 0.3 is 0 Å². The second-order valence-electron chi connectivity index (χ2n) is 4.05. The molecule has 18 heavy (non-hydrogen) atoms. The largest absolute Gasteiger partial charge is 0.381 e. The fourth-order valence-electron chi connectivity index (χ4n) is 1.69. The zero-order valence-electron chi connectivity index (χ0n) is 9.81. The lowest BCUT2D eigenvalue weighted by molar-refractivity contribution is 0.612. The van der Waals surface area contributed by atoms with Crippen LogP contribution in [0.15, 0.2) is 40.9 Å². The Morgan fingerprint density at radius 1 is 1.22 bits per heavy atom. The van der Waals surface area contributed by atoms with Crippen LogP contribution in [0.3, 0.4) is 0 Å². The minimum absolute atomic E-state index is 0.186. The smallest absolute Gasteiger partial charge is 0.128 e. The summed E-state index contributed by atoms with van der Waals surface area (Å²) in [6.07, 6.45) is 0. The number of benzene rings is 2. The monoisotopic (exact) mass is 419 g/mol. The lowest BCUT2D eigenvalue weighted by Gasteiger charge is -2.11. The van der Waals surface area contributed by atoms with Crippen LogP contribution in [0.2, 0.25) is 0 Å². The Bertz CT molecular complexity index is 572. The molecule has 2 aromatic rings. The Labute approximate surface area is 128 Å². The lowest BCUT2D eigenvalue weighted by atomic mass is 10.1. The molecule has 0 radical (unpaired) electrons. The Balaban J connectivity index is 2.13. The summed E-state index contributed by atoms with van der Waals surface area (Å²) in [5.41, 5.74) is 2.86. The van der Waals surface area contributed by atoms with E-state index >= 15 is 0 Å². The molecule has 0 aliphatic heterocycles. The molecule has 94 valence electrons. The molecule has 0 spiro atoms. The van der Waals surface area contributed by atoms with Crippen LogP contribution in [0.4, 0.5) is 10.1 Å². The van der Waals surface area contributed by atoms with Crippen molar-refractivity contribution in [2.75, 3.05) is 5.32 Å². The molecule has 1 nitrogen and oxygen atoms in total. The molecule has 0 aromatic heterocycles. The van der Waals surface area contributed by atoms with Crippen molar-refractivity contribution in [3.63, 3.8) is 0 Å². The summed E-state index contributed by atoms with van der Waals surface area (Å²) in [5.74, 6) is -0.186. The standard InChI is InChI=1S/C14H12BrFIN/c1-9-6-12(17)3-5-14(9)18-8-10-7-11(15)2-4-13(10)16/h2-7,18H,8H2,1H3. The molecule has 0 saturated heterocycles. The van der Waals surface area contributed by atoms with Crippen molar-refractivity contribution in [1.29, 1.82) is 0 Å². The predicted octanol–water partition coefficient (Wildman–Crippen LogP) is 5.11. The van der Waals surface area contributed by atoms with Crippen LogP contribution >= 0.6 is 38.5 Å². The first-order chi connectivity index (χ1) is 8.56. The molecule has 0 fully saturated rings. The Hall–Kier alpha value is -0.620. The first kappa shape index (κ1) is 13.8. The van der Waals surface area contributed by atoms with Crippen molar-refractivity contribution in [2.45, 2.75) is 13.5 Å². The maximum Gasteiger partial charge on any atom is 0.128 e. The van der Waals surface area contributed by atoms with Crippen molar-refractivity contribution < 1.29 is 4.39 Å². The average molecular weight is 420 g/mol. The van der Waals surface area contributed by atoms with Gasteiger partial charge in [-0.3, -0.25) is 0 Å². The molecule has 0 aliphatic rings. The highest BCUT2D eigenvalue weighted by molar-refractivity contribution is 14.1. The summed E-state index contributed by atoms with van der Waals surface area (Å²) >= 11 is 5.63. The number of anilines is 1. The van der Waals surface area contributed by atoms with Crippen LogP contribution in [-0.2, 0) is 6.54 Å². The third-order valence-corrected chi connectivity index (χ3v) is 3.83. The molecule has 0 amide bonds. The maximum absolute atomic E-state index is 13.6. The van der Waals surface area contributed by atoms with Crippen LogP contribution in [0.5, 0.6) is 0 Å². The number of hydrogen-bond acceptors (Lipinski definition) is 1. The second-order valence-corrected chi connectivity index (χ2v) is 6.21. The van der Waals surface area contributed by atoms with Gasteiger partial charge in [0.2, 0.25) is 0 Å². The molecule has 0 saturated carbocycles. The van der Waals surface area contributed by atoms with Gasteiger partial charge in [-0.1, -0.05) is 15.9 Å². The fourth-order valence-corrected chi connectivity index (χ4v) is 2.75. The van der Waals surface area contributed by atoms with Gasteiger partial charge in [-0.05, 0) is 71.5 Å². The van der Waals surface area contributed by atoms with Gasteiger partial charge in [0.05, 0.1) is 0 Å². The summed E-state index contributed by atoms with van der Waals surface area (Å²) in [6.45, 7) is 2.52. The van der Waals surface area contributed by atoms with Gasteiger partial charge in [0, 0.05) is 25.8 Å². The summed E-state index contributed by atoms with van der Waals surface area (Å²) in [5, 5.41) is 3.26. The van der Waals surface area contributed by atoms with Crippen LogP contribution in [0.1, 0.15) is 11.1 Å². The first-order valence-electron chi connectivity index (χ1n) is 5.50. The number of nitrogens with one attached hydrogen (secondary N) is 1. The van der Waals surface area contributed by atoms with Gasteiger partial charge in [-0.25, -0.2) is 4.39 Å². The van der Waals surface area contributed by atoms with Gasteiger partial charge in [-0.15, -0.1) is 0 Å². The van der Waals surface area contributed by atoms with E-state index < -0.39 is 0 Å².